The predicted octanol–water partition coefficient (Wildman–Crippen LogP) is 1.75. The molecule has 1 aromatic rings. The van der Waals surface area contributed by atoms with Crippen molar-refractivity contribution in [3.8, 4) is 0 Å². The summed E-state index contributed by atoms with van der Waals surface area (Å²) in [5.41, 5.74) is 0.920. The van der Waals surface area contributed by atoms with Crippen LogP contribution in [0.1, 0.15) is 24.8 Å². The fraction of sp³-hybridized carbons (Fsp3) is 0.385. The third-order valence-corrected chi connectivity index (χ3v) is 2.51. The van der Waals surface area contributed by atoms with E-state index in [1.807, 2.05) is 0 Å². The average Bonchev–Trinajstić information content (AvgIpc) is 2.84. The van der Waals surface area contributed by atoms with E-state index in [1.54, 1.807) is 18.4 Å². The Hall–Kier alpha value is -2.04. The number of aryl methyl sites for hydroxylation is 1. The van der Waals surface area contributed by atoms with Crippen molar-refractivity contribution in [3.63, 3.8) is 0 Å². The molecule has 0 saturated heterocycles. The van der Waals surface area contributed by atoms with E-state index in [-0.39, 0.29) is 12.3 Å². The maximum atomic E-state index is 11.6. The topological polar surface area (TPSA) is 79.5 Å². The zero-order valence-electron chi connectivity index (χ0n) is 10.1. The van der Waals surface area contributed by atoms with E-state index in [0.717, 1.165) is 5.56 Å². The van der Waals surface area contributed by atoms with Crippen LogP contribution in [0.15, 0.2) is 35.7 Å². The summed E-state index contributed by atoms with van der Waals surface area (Å²) in [6, 6.07) is 0.930. The quantitative estimate of drug-likeness (QED) is 0.690. The minimum atomic E-state index is -1.02. The summed E-state index contributed by atoms with van der Waals surface area (Å²) in [6.07, 6.45) is 6.44. The van der Waals surface area contributed by atoms with Crippen LogP contribution in [-0.2, 0) is 16.0 Å². The van der Waals surface area contributed by atoms with Crippen molar-refractivity contribution in [2.24, 2.45) is 0 Å². The van der Waals surface area contributed by atoms with E-state index >= 15 is 0 Å². The minimum Gasteiger partial charge on any atom is -0.480 e. The molecule has 5 nitrogen and oxygen atoms in total. The zero-order valence-corrected chi connectivity index (χ0v) is 10.1. The molecule has 98 valence electrons. The first-order valence-corrected chi connectivity index (χ1v) is 5.77. The molecule has 0 spiro atoms. The molecule has 0 saturated carbocycles. The lowest BCUT2D eigenvalue weighted by Crippen LogP contribution is -2.40. The van der Waals surface area contributed by atoms with Crippen LogP contribution in [0, 0.1) is 0 Å². The maximum Gasteiger partial charge on any atom is 0.326 e. The highest BCUT2D eigenvalue weighted by Crippen LogP contribution is 2.04. The molecule has 0 aromatic carbocycles. The second-order valence-electron chi connectivity index (χ2n) is 3.96. The molecule has 1 atom stereocenters. The number of carboxylic acids is 1. The fourth-order valence-electron chi connectivity index (χ4n) is 1.50. The number of carbonyl (C=O) groups is 2. The normalized spacial score (nSPS) is 11.8. The maximum absolute atomic E-state index is 11.6. The Morgan fingerprint density at radius 2 is 2.33 bits per heavy atom. The molecule has 5 heteroatoms. The van der Waals surface area contributed by atoms with Crippen LogP contribution in [0.2, 0.25) is 0 Å². The number of nitrogens with one attached hydrogen (secondary N) is 1. The van der Waals surface area contributed by atoms with E-state index in [9.17, 15) is 9.59 Å². The van der Waals surface area contributed by atoms with Gasteiger partial charge in [0.15, 0.2) is 0 Å². The summed E-state index contributed by atoms with van der Waals surface area (Å²) in [7, 11) is 0. The third kappa shape index (κ3) is 4.86. The highest BCUT2D eigenvalue weighted by Gasteiger charge is 2.18. The number of carbonyl (C=O) groups excluding carboxylic acids is 1. The molecule has 0 aliphatic rings. The summed E-state index contributed by atoms with van der Waals surface area (Å²) in [5, 5.41) is 11.4. The van der Waals surface area contributed by atoms with Crippen LogP contribution in [0.5, 0.6) is 0 Å². The SMILES string of the molecule is C=CCCC(NC(=O)CCc1ccoc1)C(=O)O. The standard InChI is InChI=1S/C13H17NO4/c1-2-3-4-11(13(16)17)14-12(15)6-5-10-7-8-18-9-10/h2,7-9,11H,1,3-6H2,(H,14,15)(H,16,17). The third-order valence-electron chi connectivity index (χ3n) is 2.51. The molecular weight excluding hydrogens is 234 g/mol. The van der Waals surface area contributed by atoms with Crippen LogP contribution >= 0.6 is 0 Å². The molecular formula is C13H17NO4. The molecule has 1 heterocycles. The van der Waals surface area contributed by atoms with Crippen LogP contribution in [-0.4, -0.2) is 23.0 Å². The first kappa shape index (κ1) is 14.0. The Morgan fingerprint density at radius 3 is 2.89 bits per heavy atom. The Balaban J connectivity index is 2.36. The van der Waals surface area contributed by atoms with Gasteiger partial charge < -0.3 is 14.8 Å². The van der Waals surface area contributed by atoms with E-state index in [4.69, 9.17) is 9.52 Å². The van der Waals surface area contributed by atoms with Gasteiger partial charge in [-0.2, -0.15) is 0 Å². The first-order chi connectivity index (χ1) is 8.63. The highest BCUT2D eigenvalue weighted by atomic mass is 16.4. The van der Waals surface area contributed by atoms with Crippen molar-refractivity contribution in [2.75, 3.05) is 0 Å². The van der Waals surface area contributed by atoms with Crippen molar-refractivity contribution in [1.82, 2.24) is 5.32 Å². The van der Waals surface area contributed by atoms with E-state index in [0.29, 0.717) is 19.3 Å². The van der Waals surface area contributed by atoms with Crippen LogP contribution in [0.3, 0.4) is 0 Å². The van der Waals surface area contributed by atoms with Crippen LogP contribution in [0.25, 0.3) is 0 Å². The van der Waals surface area contributed by atoms with Gasteiger partial charge in [-0.05, 0) is 30.9 Å². The zero-order chi connectivity index (χ0) is 13.4. The molecule has 0 aliphatic heterocycles. The number of aliphatic carboxylic acids is 1. The Morgan fingerprint density at radius 1 is 1.56 bits per heavy atom. The van der Waals surface area contributed by atoms with Crippen LogP contribution < -0.4 is 5.32 Å². The summed E-state index contributed by atoms with van der Waals surface area (Å²) in [6.45, 7) is 3.53. The van der Waals surface area contributed by atoms with Crippen molar-refractivity contribution >= 4 is 11.9 Å². The lowest BCUT2D eigenvalue weighted by atomic mass is 10.1. The van der Waals surface area contributed by atoms with E-state index in [1.165, 1.54) is 6.26 Å². The lowest BCUT2D eigenvalue weighted by molar-refractivity contribution is -0.142. The number of furan rings is 1. The highest BCUT2D eigenvalue weighted by molar-refractivity contribution is 5.83. The molecule has 1 unspecified atom stereocenters. The van der Waals surface area contributed by atoms with Gasteiger partial charge >= 0.3 is 5.97 Å². The average molecular weight is 251 g/mol. The number of hydrogen-bond donors (Lipinski definition) is 2. The Kier molecular flexibility index (Phi) is 5.70. The van der Waals surface area contributed by atoms with E-state index < -0.39 is 12.0 Å². The number of rotatable bonds is 8. The summed E-state index contributed by atoms with van der Waals surface area (Å²) >= 11 is 0. The first-order valence-electron chi connectivity index (χ1n) is 5.77. The van der Waals surface area contributed by atoms with E-state index in [2.05, 4.69) is 11.9 Å². The number of amides is 1. The van der Waals surface area contributed by atoms with Gasteiger partial charge in [-0.25, -0.2) is 4.79 Å². The molecule has 18 heavy (non-hydrogen) atoms. The van der Waals surface area contributed by atoms with Crippen LogP contribution in [0.4, 0.5) is 0 Å². The largest absolute Gasteiger partial charge is 0.480 e. The van der Waals surface area contributed by atoms with Gasteiger partial charge in [0.2, 0.25) is 5.91 Å². The number of allylic oxidation sites excluding steroid dienone is 1. The fourth-order valence-corrected chi connectivity index (χ4v) is 1.50. The van der Waals surface area contributed by atoms with Crippen molar-refractivity contribution in [2.45, 2.75) is 31.7 Å². The number of hydrogen-bond acceptors (Lipinski definition) is 3. The predicted molar refractivity (Wildman–Crippen MR) is 66.0 cm³/mol. The molecule has 0 bridgehead atoms. The lowest BCUT2D eigenvalue weighted by Gasteiger charge is -2.13. The van der Waals surface area contributed by atoms with Crippen molar-refractivity contribution in [3.05, 3.63) is 36.8 Å². The van der Waals surface area contributed by atoms with Gasteiger partial charge in [-0.1, -0.05) is 6.08 Å². The molecule has 1 amide bonds. The summed E-state index contributed by atoms with van der Waals surface area (Å²) in [5.74, 6) is -1.29. The minimum absolute atomic E-state index is 0.247. The Labute approximate surface area is 105 Å². The molecule has 0 aliphatic carbocycles. The van der Waals surface area contributed by atoms with Gasteiger partial charge in [0.25, 0.3) is 0 Å². The van der Waals surface area contributed by atoms with Gasteiger partial charge in [0.1, 0.15) is 6.04 Å². The van der Waals surface area contributed by atoms with Gasteiger partial charge in [0, 0.05) is 6.42 Å². The Bertz CT molecular complexity index is 397. The molecule has 1 rings (SSSR count). The molecule has 0 radical (unpaired) electrons. The molecule has 2 N–H and O–H groups in total. The summed E-state index contributed by atoms with van der Waals surface area (Å²) in [4.78, 5) is 22.5. The monoisotopic (exact) mass is 251 g/mol. The van der Waals surface area contributed by atoms with Crippen molar-refractivity contribution < 1.29 is 19.1 Å². The van der Waals surface area contributed by atoms with Crippen molar-refractivity contribution in [1.29, 1.82) is 0 Å². The van der Waals surface area contributed by atoms with Gasteiger partial charge in [0.05, 0.1) is 12.5 Å². The van der Waals surface area contributed by atoms with Gasteiger partial charge in [-0.15, -0.1) is 6.58 Å². The second kappa shape index (κ2) is 7.32. The smallest absolute Gasteiger partial charge is 0.326 e. The number of carboxylic acid groups (broad SMARTS) is 1. The molecule has 1 aromatic heterocycles. The van der Waals surface area contributed by atoms with Gasteiger partial charge in [-0.3, -0.25) is 4.79 Å². The summed E-state index contributed by atoms with van der Waals surface area (Å²) < 4.78 is 4.88. The molecule has 0 fully saturated rings. The second-order valence-corrected chi connectivity index (χ2v) is 3.96.